The highest BCUT2D eigenvalue weighted by atomic mass is 16.2. The van der Waals surface area contributed by atoms with Crippen molar-refractivity contribution in [1.82, 2.24) is 15.5 Å². The maximum atomic E-state index is 12.1. The van der Waals surface area contributed by atoms with Gasteiger partial charge in [-0.1, -0.05) is 26.2 Å². The topological polar surface area (TPSA) is 61.4 Å². The summed E-state index contributed by atoms with van der Waals surface area (Å²) in [6.45, 7) is 5.95. The molecule has 1 heterocycles. The highest BCUT2D eigenvalue weighted by molar-refractivity contribution is 6.35. The Morgan fingerprint density at radius 2 is 2.05 bits per heavy atom. The summed E-state index contributed by atoms with van der Waals surface area (Å²) >= 11 is 0. The normalized spacial score (nSPS) is 27.0. The number of hydrogen-bond acceptors (Lipinski definition) is 3. The molecule has 0 bridgehead atoms. The van der Waals surface area contributed by atoms with Gasteiger partial charge in [0.1, 0.15) is 0 Å². The van der Waals surface area contributed by atoms with Gasteiger partial charge in [-0.3, -0.25) is 9.59 Å². The Hall–Kier alpha value is -1.10. The standard InChI is InChI=1S/C16H29N3O2/c1-13-4-2-5-14(12-13)6-8-18-15(20)16(21)19-10-3-7-17-9-11-19/h13-14,17H,2-12H2,1H3,(H,18,20). The first-order valence-electron chi connectivity index (χ1n) is 8.44. The zero-order valence-electron chi connectivity index (χ0n) is 13.2. The average Bonchev–Trinajstić information content (AvgIpc) is 2.75. The van der Waals surface area contributed by atoms with Gasteiger partial charge in [0.15, 0.2) is 0 Å². The molecule has 0 aromatic heterocycles. The SMILES string of the molecule is CC1CCCC(CCNC(=O)C(=O)N2CCCNCC2)C1. The number of rotatable bonds is 3. The lowest BCUT2D eigenvalue weighted by molar-refractivity contribution is -0.145. The molecular weight excluding hydrogens is 266 g/mol. The van der Waals surface area contributed by atoms with Crippen LogP contribution in [0.25, 0.3) is 0 Å². The van der Waals surface area contributed by atoms with Crippen LogP contribution in [-0.4, -0.2) is 49.4 Å². The quantitative estimate of drug-likeness (QED) is 0.768. The van der Waals surface area contributed by atoms with E-state index in [1.807, 2.05) is 0 Å². The number of carbonyl (C=O) groups excluding carboxylic acids is 2. The molecule has 1 aliphatic heterocycles. The van der Waals surface area contributed by atoms with Gasteiger partial charge in [0.05, 0.1) is 0 Å². The summed E-state index contributed by atoms with van der Waals surface area (Å²) < 4.78 is 0. The highest BCUT2D eigenvalue weighted by Crippen LogP contribution is 2.30. The largest absolute Gasteiger partial charge is 0.348 e. The van der Waals surface area contributed by atoms with Crippen LogP contribution in [0.2, 0.25) is 0 Å². The van der Waals surface area contributed by atoms with Gasteiger partial charge < -0.3 is 15.5 Å². The lowest BCUT2D eigenvalue weighted by Gasteiger charge is -2.26. The molecule has 2 amide bonds. The molecule has 1 saturated heterocycles. The monoisotopic (exact) mass is 295 g/mol. The van der Waals surface area contributed by atoms with Gasteiger partial charge in [-0.25, -0.2) is 0 Å². The Kier molecular flexibility index (Phi) is 6.49. The van der Waals surface area contributed by atoms with Gasteiger partial charge in [0, 0.05) is 26.2 Å². The maximum Gasteiger partial charge on any atom is 0.311 e. The lowest BCUT2D eigenvalue weighted by Crippen LogP contribution is -2.44. The molecule has 2 fully saturated rings. The van der Waals surface area contributed by atoms with Crippen LogP contribution in [0.4, 0.5) is 0 Å². The van der Waals surface area contributed by atoms with Crippen molar-refractivity contribution < 1.29 is 9.59 Å². The Labute approximate surface area is 127 Å². The summed E-state index contributed by atoms with van der Waals surface area (Å²) in [7, 11) is 0. The molecule has 0 spiro atoms. The van der Waals surface area contributed by atoms with Gasteiger partial charge in [0.2, 0.25) is 0 Å². The molecule has 0 aromatic carbocycles. The lowest BCUT2D eigenvalue weighted by atomic mass is 9.81. The number of nitrogens with one attached hydrogen (secondary N) is 2. The number of carbonyl (C=O) groups is 2. The van der Waals surface area contributed by atoms with Crippen LogP contribution in [0.15, 0.2) is 0 Å². The second-order valence-electron chi connectivity index (χ2n) is 6.58. The van der Waals surface area contributed by atoms with E-state index in [2.05, 4.69) is 17.6 Å². The fourth-order valence-corrected chi connectivity index (χ4v) is 3.48. The van der Waals surface area contributed by atoms with Gasteiger partial charge in [0.25, 0.3) is 0 Å². The first-order valence-corrected chi connectivity index (χ1v) is 8.44. The van der Waals surface area contributed by atoms with Crippen molar-refractivity contribution in [1.29, 1.82) is 0 Å². The zero-order valence-corrected chi connectivity index (χ0v) is 13.2. The molecule has 2 atom stereocenters. The summed E-state index contributed by atoms with van der Waals surface area (Å²) in [6.07, 6.45) is 7.10. The third-order valence-electron chi connectivity index (χ3n) is 4.70. The van der Waals surface area contributed by atoms with Crippen molar-refractivity contribution in [3.8, 4) is 0 Å². The van der Waals surface area contributed by atoms with Gasteiger partial charge in [-0.05, 0) is 37.6 Å². The van der Waals surface area contributed by atoms with E-state index >= 15 is 0 Å². The van der Waals surface area contributed by atoms with Crippen molar-refractivity contribution >= 4 is 11.8 Å². The summed E-state index contributed by atoms with van der Waals surface area (Å²) in [5.74, 6) is 0.730. The summed E-state index contributed by atoms with van der Waals surface area (Å²) in [6, 6.07) is 0. The third kappa shape index (κ3) is 5.30. The molecule has 5 heteroatoms. The van der Waals surface area contributed by atoms with Crippen molar-refractivity contribution in [2.45, 2.75) is 45.4 Å². The average molecular weight is 295 g/mol. The second kappa shape index (κ2) is 8.37. The van der Waals surface area contributed by atoms with Crippen LogP contribution in [0.5, 0.6) is 0 Å². The predicted octanol–water partition coefficient (Wildman–Crippen LogP) is 1.14. The summed E-state index contributed by atoms with van der Waals surface area (Å²) in [5.41, 5.74) is 0. The Bertz CT molecular complexity index is 351. The third-order valence-corrected chi connectivity index (χ3v) is 4.70. The van der Waals surface area contributed by atoms with Crippen molar-refractivity contribution in [2.24, 2.45) is 11.8 Å². The van der Waals surface area contributed by atoms with Gasteiger partial charge in [-0.2, -0.15) is 0 Å². The van der Waals surface area contributed by atoms with Crippen LogP contribution in [-0.2, 0) is 9.59 Å². The molecule has 120 valence electrons. The van der Waals surface area contributed by atoms with Crippen LogP contribution in [0.3, 0.4) is 0 Å². The fourth-order valence-electron chi connectivity index (χ4n) is 3.48. The van der Waals surface area contributed by atoms with Crippen LogP contribution in [0.1, 0.15) is 45.4 Å². The molecule has 21 heavy (non-hydrogen) atoms. The van der Waals surface area contributed by atoms with Crippen molar-refractivity contribution in [3.63, 3.8) is 0 Å². The van der Waals surface area contributed by atoms with Crippen LogP contribution in [0, 0.1) is 11.8 Å². The molecule has 2 N–H and O–H groups in total. The van der Waals surface area contributed by atoms with Gasteiger partial charge >= 0.3 is 11.8 Å². The minimum Gasteiger partial charge on any atom is -0.348 e. The molecule has 0 radical (unpaired) electrons. The van der Waals surface area contributed by atoms with Gasteiger partial charge in [-0.15, -0.1) is 0 Å². The van der Waals surface area contributed by atoms with E-state index in [9.17, 15) is 9.59 Å². The van der Waals surface area contributed by atoms with E-state index in [0.29, 0.717) is 25.6 Å². The zero-order chi connectivity index (χ0) is 15.1. The Balaban J connectivity index is 1.67. The van der Waals surface area contributed by atoms with E-state index in [4.69, 9.17) is 0 Å². The van der Waals surface area contributed by atoms with E-state index < -0.39 is 5.91 Å². The van der Waals surface area contributed by atoms with E-state index in [1.165, 1.54) is 25.7 Å². The van der Waals surface area contributed by atoms with E-state index in [-0.39, 0.29) is 5.91 Å². The maximum absolute atomic E-state index is 12.1. The molecule has 2 rings (SSSR count). The summed E-state index contributed by atoms with van der Waals surface area (Å²) in [4.78, 5) is 25.7. The minimum absolute atomic E-state index is 0.365. The Morgan fingerprint density at radius 3 is 2.86 bits per heavy atom. The first-order chi connectivity index (χ1) is 10.2. The van der Waals surface area contributed by atoms with E-state index in [1.54, 1.807) is 4.90 Å². The van der Waals surface area contributed by atoms with Crippen LogP contribution >= 0.6 is 0 Å². The molecule has 2 unspecified atom stereocenters. The first kappa shape index (κ1) is 16.3. The molecule has 0 aromatic rings. The highest BCUT2D eigenvalue weighted by Gasteiger charge is 2.23. The molecule has 2 aliphatic rings. The van der Waals surface area contributed by atoms with E-state index in [0.717, 1.165) is 31.8 Å². The molecule has 1 aliphatic carbocycles. The van der Waals surface area contributed by atoms with Crippen molar-refractivity contribution in [3.05, 3.63) is 0 Å². The number of hydrogen-bond donors (Lipinski definition) is 2. The van der Waals surface area contributed by atoms with Crippen molar-refractivity contribution in [2.75, 3.05) is 32.7 Å². The molecule has 1 saturated carbocycles. The molecular formula is C16H29N3O2. The van der Waals surface area contributed by atoms with Crippen LogP contribution < -0.4 is 10.6 Å². The fraction of sp³-hybridized carbons (Fsp3) is 0.875. The molecule has 5 nitrogen and oxygen atoms in total. The predicted molar refractivity (Wildman–Crippen MR) is 82.8 cm³/mol. The Morgan fingerprint density at radius 1 is 1.19 bits per heavy atom. The second-order valence-corrected chi connectivity index (χ2v) is 6.58. The smallest absolute Gasteiger partial charge is 0.311 e. The number of nitrogens with zero attached hydrogens (tertiary/aromatic N) is 1. The minimum atomic E-state index is -0.430. The summed E-state index contributed by atoms with van der Waals surface area (Å²) in [5, 5.41) is 6.05. The number of amides is 2.